The van der Waals surface area contributed by atoms with E-state index < -0.39 is 0 Å². The van der Waals surface area contributed by atoms with E-state index in [-0.39, 0.29) is 6.03 Å². The summed E-state index contributed by atoms with van der Waals surface area (Å²) in [5.41, 5.74) is 1.73. The van der Waals surface area contributed by atoms with Crippen LogP contribution in [0.4, 0.5) is 15.6 Å². The van der Waals surface area contributed by atoms with Crippen LogP contribution in [0, 0.1) is 0 Å². The first-order chi connectivity index (χ1) is 16.5. The van der Waals surface area contributed by atoms with E-state index in [1.807, 2.05) is 18.2 Å². The number of halogens is 2. The summed E-state index contributed by atoms with van der Waals surface area (Å²) in [6.45, 7) is 4.89. The van der Waals surface area contributed by atoms with Gasteiger partial charge in [0.05, 0.1) is 17.2 Å². The van der Waals surface area contributed by atoms with Gasteiger partial charge < -0.3 is 20.3 Å². The normalized spacial score (nSPS) is 14.1. The van der Waals surface area contributed by atoms with Gasteiger partial charge in [-0.1, -0.05) is 35.3 Å². The Kier molecular flexibility index (Phi) is 8.44. The molecular weight excluding hydrogens is 495 g/mol. The highest BCUT2D eigenvalue weighted by molar-refractivity contribution is 7.09. The molecule has 4 rings (SSSR count). The van der Waals surface area contributed by atoms with E-state index >= 15 is 0 Å². The van der Waals surface area contributed by atoms with Gasteiger partial charge in [0, 0.05) is 62.9 Å². The number of aromatic nitrogens is 2. The molecule has 1 aliphatic rings. The number of nitrogens with one attached hydrogen (secondary N) is 2. The molecule has 2 amide bonds. The summed E-state index contributed by atoms with van der Waals surface area (Å²) in [6.07, 6.45) is 0.684. The summed E-state index contributed by atoms with van der Waals surface area (Å²) in [7, 11) is 1.67. The van der Waals surface area contributed by atoms with Gasteiger partial charge in [-0.15, -0.1) is 0 Å². The molecule has 0 saturated carbocycles. The number of benzene rings is 2. The number of hydrogen-bond donors (Lipinski definition) is 2. The molecule has 3 aromatic rings. The minimum absolute atomic E-state index is 0.269. The van der Waals surface area contributed by atoms with Crippen LogP contribution in [0.3, 0.4) is 0 Å². The molecule has 1 aromatic heterocycles. The van der Waals surface area contributed by atoms with Gasteiger partial charge in [-0.05, 0) is 35.9 Å². The Labute approximate surface area is 213 Å². The molecule has 34 heavy (non-hydrogen) atoms. The lowest BCUT2D eigenvalue weighted by molar-refractivity contribution is 0.240. The zero-order valence-corrected chi connectivity index (χ0v) is 21.1. The topological polar surface area (TPSA) is 82.6 Å². The molecule has 2 heterocycles. The highest BCUT2D eigenvalue weighted by Gasteiger charge is 2.20. The Morgan fingerprint density at radius 1 is 1.12 bits per heavy atom. The van der Waals surface area contributed by atoms with Crippen LogP contribution < -0.4 is 20.3 Å². The lowest BCUT2D eigenvalue weighted by atomic mass is 10.1. The number of rotatable bonds is 8. The maximum atomic E-state index is 12.1. The Morgan fingerprint density at radius 3 is 2.71 bits per heavy atom. The molecule has 0 bridgehead atoms. The fourth-order valence-corrected chi connectivity index (χ4v) is 4.68. The molecule has 1 saturated heterocycles. The number of carbonyl (C=O) groups is 1. The molecule has 11 heteroatoms. The van der Waals surface area contributed by atoms with Crippen molar-refractivity contribution in [2.45, 2.75) is 6.42 Å². The van der Waals surface area contributed by atoms with Crippen LogP contribution in [-0.4, -0.2) is 66.7 Å². The number of piperazine rings is 1. The van der Waals surface area contributed by atoms with Crippen molar-refractivity contribution in [2.24, 2.45) is 0 Å². The number of ether oxygens (including phenoxy) is 1. The van der Waals surface area contributed by atoms with Crippen molar-refractivity contribution in [3.05, 3.63) is 63.9 Å². The SMILES string of the molecule is COc1cccc(Cc2nsc(N3CCN(CCNC(=O)Nc4ccc(Cl)c(Cl)c4)CC3)n2)c1. The van der Waals surface area contributed by atoms with Gasteiger partial charge in [0.2, 0.25) is 5.13 Å². The van der Waals surface area contributed by atoms with Crippen LogP contribution in [-0.2, 0) is 6.42 Å². The molecule has 0 atom stereocenters. The average Bonchev–Trinajstić information content (AvgIpc) is 3.30. The molecule has 0 unspecified atom stereocenters. The van der Waals surface area contributed by atoms with Gasteiger partial charge in [-0.2, -0.15) is 4.37 Å². The van der Waals surface area contributed by atoms with Crippen LogP contribution in [0.15, 0.2) is 42.5 Å². The smallest absolute Gasteiger partial charge is 0.319 e. The van der Waals surface area contributed by atoms with Crippen molar-refractivity contribution in [1.29, 1.82) is 0 Å². The highest BCUT2D eigenvalue weighted by atomic mass is 35.5. The molecule has 1 aliphatic heterocycles. The van der Waals surface area contributed by atoms with Crippen molar-refractivity contribution in [3.8, 4) is 5.75 Å². The van der Waals surface area contributed by atoms with E-state index in [0.717, 1.165) is 55.0 Å². The Morgan fingerprint density at radius 2 is 1.94 bits per heavy atom. The van der Waals surface area contributed by atoms with Crippen LogP contribution in [0.1, 0.15) is 11.4 Å². The van der Waals surface area contributed by atoms with Crippen LogP contribution >= 0.6 is 34.7 Å². The summed E-state index contributed by atoms with van der Waals surface area (Å²) in [5, 5.41) is 7.45. The van der Waals surface area contributed by atoms with Crippen LogP contribution in [0.25, 0.3) is 0 Å². The van der Waals surface area contributed by atoms with Gasteiger partial charge >= 0.3 is 6.03 Å². The first kappa shape index (κ1) is 24.5. The largest absolute Gasteiger partial charge is 0.497 e. The Bertz CT molecular complexity index is 1120. The second-order valence-electron chi connectivity index (χ2n) is 7.86. The third-order valence-electron chi connectivity index (χ3n) is 5.49. The number of urea groups is 1. The van der Waals surface area contributed by atoms with Crippen molar-refractivity contribution >= 4 is 51.6 Å². The van der Waals surface area contributed by atoms with Gasteiger partial charge in [-0.25, -0.2) is 9.78 Å². The highest BCUT2D eigenvalue weighted by Crippen LogP contribution is 2.25. The van der Waals surface area contributed by atoms with Crippen molar-refractivity contribution in [2.75, 3.05) is 56.6 Å². The number of anilines is 2. The maximum Gasteiger partial charge on any atom is 0.319 e. The number of carbonyl (C=O) groups excluding carboxylic acids is 1. The fraction of sp³-hybridized carbons (Fsp3) is 0.348. The molecule has 0 aliphatic carbocycles. The second kappa shape index (κ2) is 11.7. The third-order valence-corrected chi connectivity index (χ3v) is 7.04. The van der Waals surface area contributed by atoms with Gasteiger partial charge in [0.15, 0.2) is 0 Å². The van der Waals surface area contributed by atoms with Crippen LogP contribution in [0.5, 0.6) is 5.75 Å². The first-order valence-electron chi connectivity index (χ1n) is 10.9. The summed E-state index contributed by atoms with van der Waals surface area (Å²) >= 11 is 13.3. The molecule has 2 aromatic carbocycles. The van der Waals surface area contributed by atoms with Crippen molar-refractivity contribution in [3.63, 3.8) is 0 Å². The summed E-state index contributed by atoms with van der Waals surface area (Å²) in [5.74, 6) is 1.67. The van der Waals surface area contributed by atoms with E-state index in [0.29, 0.717) is 28.7 Å². The molecule has 0 radical (unpaired) electrons. The minimum atomic E-state index is -0.269. The average molecular weight is 521 g/mol. The standard InChI is InChI=1S/C23H26Cl2N6O2S/c1-33-18-4-2-3-16(13-18)14-21-28-23(34-29-21)31-11-9-30(10-12-31)8-7-26-22(32)27-17-5-6-19(24)20(25)15-17/h2-6,13,15H,7-12,14H2,1H3,(H2,26,27,32). The number of hydrogen-bond acceptors (Lipinski definition) is 7. The predicted octanol–water partition coefficient (Wildman–Crippen LogP) is 4.39. The van der Waals surface area contributed by atoms with Gasteiger partial charge in [0.25, 0.3) is 0 Å². The number of amides is 2. The summed E-state index contributed by atoms with van der Waals surface area (Å²) in [6, 6.07) is 12.7. The lowest BCUT2D eigenvalue weighted by Crippen LogP contribution is -2.48. The molecular formula is C23H26Cl2N6O2S. The van der Waals surface area contributed by atoms with Gasteiger partial charge in [-0.3, -0.25) is 4.90 Å². The summed E-state index contributed by atoms with van der Waals surface area (Å²) in [4.78, 5) is 21.4. The second-order valence-corrected chi connectivity index (χ2v) is 9.40. The van der Waals surface area contributed by atoms with E-state index in [4.69, 9.17) is 32.9 Å². The van der Waals surface area contributed by atoms with Crippen LogP contribution in [0.2, 0.25) is 10.0 Å². The predicted molar refractivity (Wildman–Crippen MR) is 138 cm³/mol. The van der Waals surface area contributed by atoms with Crippen molar-refractivity contribution < 1.29 is 9.53 Å². The van der Waals surface area contributed by atoms with E-state index in [1.165, 1.54) is 11.5 Å². The van der Waals surface area contributed by atoms with Gasteiger partial charge in [0.1, 0.15) is 11.6 Å². The zero-order valence-electron chi connectivity index (χ0n) is 18.8. The monoisotopic (exact) mass is 520 g/mol. The first-order valence-corrected chi connectivity index (χ1v) is 12.5. The Hall–Kier alpha value is -2.59. The maximum absolute atomic E-state index is 12.1. The quantitative estimate of drug-likeness (QED) is 0.458. The fourth-order valence-electron chi connectivity index (χ4n) is 3.65. The molecule has 2 N–H and O–H groups in total. The van der Waals surface area contributed by atoms with E-state index in [2.05, 4.69) is 30.9 Å². The summed E-state index contributed by atoms with van der Waals surface area (Å²) < 4.78 is 9.83. The Balaban J connectivity index is 1.18. The molecule has 1 fully saturated rings. The number of nitrogens with zero attached hydrogens (tertiary/aromatic N) is 4. The minimum Gasteiger partial charge on any atom is -0.497 e. The van der Waals surface area contributed by atoms with Crippen molar-refractivity contribution in [1.82, 2.24) is 19.6 Å². The number of methoxy groups -OCH3 is 1. The molecule has 0 spiro atoms. The molecule has 8 nitrogen and oxygen atoms in total. The lowest BCUT2D eigenvalue weighted by Gasteiger charge is -2.34. The third kappa shape index (κ3) is 6.73. The molecule has 180 valence electrons. The zero-order chi connectivity index (χ0) is 23.9. The van der Waals surface area contributed by atoms with E-state index in [1.54, 1.807) is 25.3 Å². The van der Waals surface area contributed by atoms with E-state index in [9.17, 15) is 4.79 Å².